The van der Waals surface area contributed by atoms with Crippen LogP contribution in [0.15, 0.2) is 175 Å². The number of nitrogens with two attached hydrogens (primary N) is 2. The smallest absolute Gasteiger partial charge is 0.323 e. The second-order valence-corrected chi connectivity index (χ2v) is 34.8. The van der Waals surface area contributed by atoms with Crippen molar-refractivity contribution in [2.75, 3.05) is 92.3 Å². The maximum absolute atomic E-state index is 12.3. The minimum atomic E-state index is -4.18. The fourth-order valence-electron chi connectivity index (χ4n) is 8.43. The van der Waals surface area contributed by atoms with Gasteiger partial charge >= 0.3 is 23.9 Å². The Morgan fingerprint density at radius 3 is 1.13 bits per heavy atom. The number of carboxylic acids is 1. The minimum absolute atomic E-state index is 0.0248. The number of nitrogens with zero attached hydrogens (tertiary/aromatic N) is 7. The molecule has 0 fully saturated rings. The number of esters is 3. The van der Waals surface area contributed by atoms with E-state index in [9.17, 15) is 94.7 Å². The van der Waals surface area contributed by atoms with E-state index >= 15 is 0 Å². The number of anilines is 4. The van der Waals surface area contributed by atoms with Crippen LogP contribution in [0, 0.1) is 20.2 Å². The molecule has 8 N–H and O–H groups in total. The molecule has 6 unspecified atom stereocenters. The number of rotatable bonds is 17. The van der Waals surface area contributed by atoms with Gasteiger partial charge < -0.3 is 46.7 Å². The van der Waals surface area contributed by atoms with Gasteiger partial charge in [0.15, 0.2) is 9.79 Å². The van der Waals surface area contributed by atoms with Gasteiger partial charge in [-0.25, -0.2) is 50.5 Å². The molecule has 0 saturated heterocycles. The number of ether oxygens (including phenoxy) is 3. The van der Waals surface area contributed by atoms with Crippen molar-refractivity contribution in [3.05, 3.63) is 166 Å². The molecule has 8 rings (SSSR count). The van der Waals surface area contributed by atoms with E-state index < -0.39 is 132 Å². The summed E-state index contributed by atoms with van der Waals surface area (Å²) in [4.78, 5) is 74.7. The number of para-hydroxylation sites is 6. The Morgan fingerprint density at radius 1 is 0.513 bits per heavy atom. The maximum Gasteiger partial charge on any atom is 0.323 e. The number of carbonyl (C=O) groups excluding carboxylic acids is 4. The van der Waals surface area contributed by atoms with Crippen molar-refractivity contribution >= 4 is 134 Å². The summed E-state index contributed by atoms with van der Waals surface area (Å²) in [5.74, 6) is -3.15. The number of nitrogen functional groups attached to an aromatic ring is 2. The first-order valence-electron chi connectivity index (χ1n) is 36.8. The molecule has 0 radical (unpaired) electrons. The van der Waals surface area contributed by atoms with Crippen LogP contribution < -0.4 is 27.4 Å². The lowest BCUT2D eigenvalue weighted by atomic mass is 10.3. The van der Waals surface area contributed by atoms with Crippen molar-refractivity contribution in [3.63, 3.8) is 0 Å². The number of halogens is 1. The monoisotopic (exact) mass is 1820 g/mol. The lowest BCUT2D eigenvalue weighted by Gasteiger charge is -2.22. The number of nitro benzene ring substituents is 2. The summed E-state index contributed by atoms with van der Waals surface area (Å²) in [7, 11) is -5.77. The normalized spacial score (nSPS) is 15.0. The van der Waals surface area contributed by atoms with Gasteiger partial charge in [0.1, 0.15) is 49.8 Å². The molecule has 119 heavy (non-hydrogen) atoms. The average Bonchev–Trinajstić information content (AvgIpc) is 1.36. The van der Waals surface area contributed by atoms with E-state index in [0.717, 1.165) is 55.6 Å². The van der Waals surface area contributed by atoms with Crippen molar-refractivity contribution in [2.24, 2.45) is 0 Å². The number of benzene rings is 6. The number of carbonyl (C=O) groups is 5. The number of nitrogens with one attached hydrogen (secondary N) is 3. The molecule has 2 heterocycles. The van der Waals surface area contributed by atoms with E-state index in [1.165, 1.54) is 121 Å². The quantitative estimate of drug-likeness (QED) is 0.0123. The molecule has 2 aliphatic rings. The second kappa shape index (κ2) is 57.7. The number of methoxy groups -OCH3 is 3. The van der Waals surface area contributed by atoms with Gasteiger partial charge in [0.25, 0.3) is 20.4 Å². The molecular formula is C75H121ClN12O25S6. The van der Waals surface area contributed by atoms with E-state index in [1.54, 1.807) is 82.5 Å². The van der Waals surface area contributed by atoms with Gasteiger partial charge in [-0.15, -0.1) is 0 Å². The molecule has 6 aromatic rings. The third-order valence-electron chi connectivity index (χ3n) is 15.7. The van der Waals surface area contributed by atoms with E-state index in [1.807, 2.05) is 96.1 Å². The van der Waals surface area contributed by atoms with Gasteiger partial charge in [-0.3, -0.25) is 44.2 Å². The summed E-state index contributed by atoms with van der Waals surface area (Å²) < 4.78 is 162. The number of sulfonamides is 5. The third kappa shape index (κ3) is 35.1. The van der Waals surface area contributed by atoms with Crippen molar-refractivity contribution in [3.8, 4) is 0 Å². The highest BCUT2D eigenvalue weighted by Gasteiger charge is 2.38. The fraction of sp³-hybridized carbons (Fsp3) is 0.453. The second-order valence-electron chi connectivity index (χ2n) is 22.4. The molecule has 0 aliphatic carbocycles. The van der Waals surface area contributed by atoms with Crippen LogP contribution in [-0.2, 0) is 97.4 Å². The van der Waals surface area contributed by atoms with Crippen molar-refractivity contribution < 1.29 is 104 Å². The average molecular weight is 1820 g/mol. The summed E-state index contributed by atoms with van der Waals surface area (Å²) in [6, 6.07) is 31.1. The first-order chi connectivity index (χ1) is 55.4. The lowest BCUT2D eigenvalue weighted by Crippen LogP contribution is -2.41. The Bertz CT molecular complexity index is 4880. The van der Waals surface area contributed by atoms with Gasteiger partial charge in [-0.1, -0.05) is 156 Å². The van der Waals surface area contributed by atoms with Gasteiger partial charge in [-0.05, 0) is 109 Å². The number of hydrogen-bond donors (Lipinski definition) is 6. The standard InChI is InChI=1S/C11H14N2O6S.C11H16N2O4S.C10H14N2O4S.C10H12N2O3S.C10H14N2O2S.C6H4ClNO4S.C5H11NO2.6C2H6/c1-8(11(14)19-3)12(2)20(17,18)10-7-5-4-6-9(10)13(15)16;1-8(11(14)17-3)13(2)18(15,16)10-7-5-4-6-9(10)12;1-7(10(13)14)12(2)17(15,16)9-6-4-3-5-8(9)11;1-7-10(13)11-8-5-3-4-6-9(8)16(14,15)12(7)2;1-8-7-11-9-5-3-4-6-10(9)15(13,14)12(8)2;7-13(11,12)6-4-2-1-3-5(6)8(9)10;1-4(6-2)5(7)8-3;6*1-2/h4-8H,1-3H3;4-8H,12H2,1-3H3;3-7H,11H2,1-2H3,(H,13,14);3-7H,1-2H3,(H,11,13);3-6,8,11H,7H2,1-2H3;1-4H;4,6H,1-3H3;6*1-2H3. The van der Waals surface area contributed by atoms with Crippen LogP contribution in [0.3, 0.4) is 0 Å². The summed E-state index contributed by atoms with van der Waals surface area (Å²) in [5.41, 5.74) is 11.4. The first-order valence-corrected chi connectivity index (χ1v) is 46.3. The number of aliphatic carboxylic acids is 1. The Labute approximate surface area is 708 Å². The lowest BCUT2D eigenvalue weighted by molar-refractivity contribution is -0.388. The topological polar surface area (TPSA) is 529 Å². The Kier molecular flexibility index (Phi) is 57.3. The van der Waals surface area contributed by atoms with Crippen LogP contribution >= 0.6 is 10.7 Å². The van der Waals surface area contributed by atoms with Crippen LogP contribution in [0.2, 0.25) is 0 Å². The molecule has 0 spiro atoms. The molecule has 6 atom stereocenters. The molecule has 6 aromatic carbocycles. The summed E-state index contributed by atoms with van der Waals surface area (Å²) in [5, 5.41) is 38.5. The molecule has 0 bridgehead atoms. The molecule has 44 heteroatoms. The zero-order valence-electron chi connectivity index (χ0n) is 72.4. The maximum atomic E-state index is 12.3. The molecule has 2 aliphatic heterocycles. The van der Waals surface area contributed by atoms with Crippen LogP contribution in [-0.4, -0.2) is 223 Å². The van der Waals surface area contributed by atoms with Gasteiger partial charge in [0.05, 0.1) is 53.9 Å². The van der Waals surface area contributed by atoms with Crippen LogP contribution in [0.5, 0.6) is 0 Å². The van der Waals surface area contributed by atoms with E-state index in [2.05, 4.69) is 30.2 Å². The number of fused-ring (bicyclic) bond motifs is 2. The number of nitro groups is 2. The third-order valence-corrected chi connectivity index (χ3v) is 27.1. The Balaban J connectivity index is -0.000000419. The zero-order chi connectivity index (χ0) is 94.2. The molecule has 37 nitrogen and oxygen atoms in total. The van der Waals surface area contributed by atoms with Crippen molar-refractivity contribution in [1.82, 2.24) is 26.8 Å². The Hall–Kier alpha value is -9.38. The van der Waals surface area contributed by atoms with E-state index in [4.69, 9.17) is 27.3 Å². The van der Waals surface area contributed by atoms with Gasteiger partial charge in [0.2, 0.25) is 56.0 Å². The van der Waals surface area contributed by atoms with Crippen molar-refractivity contribution in [2.45, 2.75) is 190 Å². The molecule has 0 aromatic heterocycles. The first kappa shape index (κ1) is 118. The molecular weight excluding hydrogens is 1700 g/mol. The number of carboxylic acid groups (broad SMARTS) is 1. The minimum Gasteiger partial charge on any atom is -0.480 e. The van der Waals surface area contributed by atoms with Gasteiger partial charge in [0, 0.05) is 70.6 Å². The zero-order valence-corrected chi connectivity index (χ0v) is 78.0. The Morgan fingerprint density at radius 2 is 0.807 bits per heavy atom. The predicted octanol–water partition coefficient (Wildman–Crippen LogP) is 10.8. The van der Waals surface area contributed by atoms with E-state index in [-0.39, 0.29) is 50.0 Å². The summed E-state index contributed by atoms with van der Waals surface area (Å²) in [6.45, 7) is 33.9. The number of amides is 1. The highest BCUT2D eigenvalue weighted by atomic mass is 35.7. The summed E-state index contributed by atoms with van der Waals surface area (Å²) >= 11 is 0. The van der Waals surface area contributed by atoms with Crippen LogP contribution in [0.25, 0.3) is 0 Å². The van der Waals surface area contributed by atoms with Crippen molar-refractivity contribution in [1.29, 1.82) is 0 Å². The largest absolute Gasteiger partial charge is 0.480 e. The highest BCUT2D eigenvalue weighted by Crippen LogP contribution is 2.32. The predicted molar refractivity (Wildman–Crippen MR) is 463 cm³/mol. The molecule has 0 saturated carbocycles. The van der Waals surface area contributed by atoms with Gasteiger partial charge in [-0.2, -0.15) is 21.5 Å². The fourth-order valence-corrected chi connectivity index (χ4v) is 16.8. The van der Waals surface area contributed by atoms with Crippen LogP contribution in [0.1, 0.15) is 125 Å². The number of likely N-dealkylation sites (N-methyl/N-ethyl adjacent to an activating group) is 6. The number of hydrogen-bond acceptors (Lipinski definition) is 28. The molecule has 674 valence electrons. The van der Waals surface area contributed by atoms with E-state index in [0.29, 0.717) is 22.8 Å². The highest BCUT2D eigenvalue weighted by molar-refractivity contribution is 8.13. The molecule has 1 amide bonds. The van der Waals surface area contributed by atoms with Crippen LogP contribution in [0.4, 0.5) is 34.1 Å². The SMILES string of the molecule is CC.CC.CC.CC.CC.CC.CC(C(=O)O)N(C)S(=O)(=O)c1ccccc1N.CC1C(=O)Nc2ccccc2S(=O)(=O)N1C.CC1CNc2ccccc2S(=O)(=O)N1C.CNC(C)C(=O)OC.COC(=O)C(C)N(C)S(=O)(=O)c1ccccc1N.COC(=O)C(C)N(C)S(=O)(=O)c1ccccc1[N+](=O)[O-].O=[N+]([O-])c1ccccc1S(=O)(=O)Cl. The summed E-state index contributed by atoms with van der Waals surface area (Å²) in [6.07, 6.45) is 0.